The van der Waals surface area contributed by atoms with E-state index in [0.29, 0.717) is 12.6 Å². The van der Waals surface area contributed by atoms with E-state index in [1.165, 1.54) is 25.0 Å². The molecule has 1 N–H and O–H groups in total. The van der Waals surface area contributed by atoms with Gasteiger partial charge in [-0.15, -0.1) is 0 Å². The molecule has 1 saturated carbocycles. The quantitative estimate of drug-likeness (QED) is 0.916. The summed E-state index contributed by atoms with van der Waals surface area (Å²) in [5.41, 5.74) is 0.879. The summed E-state index contributed by atoms with van der Waals surface area (Å²) in [6.07, 6.45) is 2.63. The van der Waals surface area contributed by atoms with E-state index in [1.807, 2.05) is 0 Å². The normalized spacial score (nSPS) is 26.7. The van der Waals surface area contributed by atoms with Gasteiger partial charge in [0.15, 0.2) is 11.6 Å². The number of hydrogen-bond acceptors (Lipinski definition) is 2. The third-order valence-corrected chi connectivity index (χ3v) is 4.62. The number of nitrogens with zero attached hydrogens (tertiary/aromatic N) is 1. The second kappa shape index (κ2) is 5.08. The van der Waals surface area contributed by atoms with E-state index in [2.05, 4.69) is 24.1 Å². The van der Waals surface area contributed by atoms with Crippen LogP contribution in [0.1, 0.15) is 32.3 Å². The van der Waals surface area contributed by atoms with Crippen LogP contribution in [-0.2, 0) is 6.54 Å². The first-order valence-corrected chi connectivity index (χ1v) is 7.38. The van der Waals surface area contributed by atoms with Crippen LogP contribution in [-0.4, -0.2) is 29.6 Å². The highest BCUT2D eigenvalue weighted by Crippen LogP contribution is 2.36. The topological polar surface area (TPSA) is 15.3 Å². The van der Waals surface area contributed by atoms with Gasteiger partial charge >= 0.3 is 0 Å². The van der Waals surface area contributed by atoms with Gasteiger partial charge in [-0.1, -0.05) is 6.07 Å². The average Bonchev–Trinajstić information content (AvgIpc) is 3.20. The van der Waals surface area contributed by atoms with Crippen LogP contribution in [0.2, 0.25) is 0 Å². The van der Waals surface area contributed by atoms with Crippen LogP contribution < -0.4 is 5.32 Å². The predicted octanol–water partition coefficient (Wildman–Crippen LogP) is 2.93. The zero-order valence-corrected chi connectivity index (χ0v) is 12.1. The molecule has 2 nitrogen and oxygen atoms in total. The summed E-state index contributed by atoms with van der Waals surface area (Å²) >= 11 is 0. The lowest BCUT2D eigenvalue weighted by atomic mass is 9.95. The smallest absolute Gasteiger partial charge is 0.159 e. The Bertz CT molecular complexity index is 497. The van der Waals surface area contributed by atoms with E-state index < -0.39 is 11.6 Å². The zero-order valence-electron chi connectivity index (χ0n) is 12.1. The lowest BCUT2D eigenvalue weighted by Crippen LogP contribution is -2.62. The van der Waals surface area contributed by atoms with Crippen molar-refractivity contribution in [2.75, 3.05) is 13.1 Å². The van der Waals surface area contributed by atoms with E-state index in [4.69, 9.17) is 0 Å². The van der Waals surface area contributed by atoms with Gasteiger partial charge in [-0.25, -0.2) is 8.78 Å². The van der Waals surface area contributed by atoms with Crippen molar-refractivity contribution in [2.45, 2.75) is 44.8 Å². The van der Waals surface area contributed by atoms with Crippen molar-refractivity contribution in [2.24, 2.45) is 5.92 Å². The van der Waals surface area contributed by atoms with Gasteiger partial charge in [-0.3, -0.25) is 4.90 Å². The molecular formula is C16H22F2N2. The summed E-state index contributed by atoms with van der Waals surface area (Å²) in [7, 11) is 0. The fourth-order valence-corrected chi connectivity index (χ4v) is 2.99. The molecule has 0 radical (unpaired) electrons. The molecule has 4 heteroatoms. The van der Waals surface area contributed by atoms with E-state index in [-0.39, 0.29) is 5.54 Å². The van der Waals surface area contributed by atoms with Gasteiger partial charge in [-0.05, 0) is 50.3 Å². The van der Waals surface area contributed by atoms with Gasteiger partial charge in [-0.2, -0.15) is 0 Å². The summed E-state index contributed by atoms with van der Waals surface area (Å²) in [4.78, 5) is 2.39. The van der Waals surface area contributed by atoms with Gasteiger partial charge < -0.3 is 5.32 Å². The van der Waals surface area contributed by atoms with Crippen molar-refractivity contribution in [3.05, 3.63) is 35.4 Å². The Balaban J connectivity index is 1.73. The maximum atomic E-state index is 13.3. The maximum Gasteiger partial charge on any atom is 0.159 e. The highest BCUT2D eigenvalue weighted by Gasteiger charge is 2.40. The first-order valence-electron chi connectivity index (χ1n) is 7.38. The van der Waals surface area contributed by atoms with Gasteiger partial charge in [0.1, 0.15) is 0 Å². The van der Waals surface area contributed by atoms with Crippen LogP contribution in [0.15, 0.2) is 18.2 Å². The van der Waals surface area contributed by atoms with Gasteiger partial charge in [0.25, 0.3) is 0 Å². The summed E-state index contributed by atoms with van der Waals surface area (Å²) in [5.74, 6) is -0.725. The van der Waals surface area contributed by atoms with Gasteiger partial charge in [0.2, 0.25) is 0 Å². The Labute approximate surface area is 119 Å². The van der Waals surface area contributed by atoms with E-state index >= 15 is 0 Å². The summed E-state index contributed by atoms with van der Waals surface area (Å²) in [6.45, 7) is 7.00. The van der Waals surface area contributed by atoms with Crippen LogP contribution in [0.25, 0.3) is 0 Å². The third kappa shape index (κ3) is 2.86. The van der Waals surface area contributed by atoms with E-state index in [9.17, 15) is 8.78 Å². The molecule has 2 aliphatic rings. The van der Waals surface area contributed by atoms with E-state index in [1.54, 1.807) is 6.07 Å². The van der Waals surface area contributed by atoms with Crippen molar-refractivity contribution >= 4 is 0 Å². The summed E-state index contributed by atoms with van der Waals surface area (Å²) in [6, 6.07) is 4.77. The second-order valence-electron chi connectivity index (χ2n) is 6.77. The molecule has 3 rings (SSSR count). The second-order valence-corrected chi connectivity index (χ2v) is 6.77. The van der Waals surface area contributed by atoms with Crippen molar-refractivity contribution < 1.29 is 8.78 Å². The minimum Gasteiger partial charge on any atom is -0.311 e. The Morgan fingerprint density at radius 1 is 1.25 bits per heavy atom. The molecule has 0 bridgehead atoms. The molecule has 0 aromatic heterocycles. The summed E-state index contributed by atoms with van der Waals surface area (Å²) in [5, 5.41) is 3.63. The molecule has 1 aromatic rings. The Hall–Kier alpha value is -1.00. The summed E-state index contributed by atoms with van der Waals surface area (Å²) < 4.78 is 26.3. The monoisotopic (exact) mass is 280 g/mol. The van der Waals surface area contributed by atoms with Crippen LogP contribution in [0.4, 0.5) is 8.78 Å². The number of nitrogens with one attached hydrogen (secondary N) is 1. The average molecular weight is 280 g/mol. The lowest BCUT2D eigenvalue weighted by Gasteiger charge is -2.46. The van der Waals surface area contributed by atoms with Crippen molar-refractivity contribution in [3.63, 3.8) is 0 Å². The Morgan fingerprint density at radius 3 is 2.65 bits per heavy atom. The van der Waals surface area contributed by atoms with E-state index in [0.717, 1.165) is 24.6 Å². The number of hydrogen-bond donors (Lipinski definition) is 1. The molecule has 1 aromatic carbocycles. The molecule has 0 spiro atoms. The van der Waals surface area contributed by atoms with Crippen molar-refractivity contribution in [1.82, 2.24) is 10.2 Å². The number of benzene rings is 1. The Kier molecular flexibility index (Phi) is 3.55. The van der Waals surface area contributed by atoms with Gasteiger partial charge in [0, 0.05) is 31.2 Å². The standard InChI is InChI=1S/C16H22F2N2/c1-16(2)10-19-15(12-4-5-12)9-20(16)8-11-3-6-13(17)14(18)7-11/h3,6-7,12,15,19H,4-5,8-10H2,1-2H3. The molecule has 1 saturated heterocycles. The lowest BCUT2D eigenvalue weighted by molar-refractivity contribution is 0.0533. The number of rotatable bonds is 3. The number of halogens is 2. The third-order valence-electron chi connectivity index (χ3n) is 4.62. The highest BCUT2D eigenvalue weighted by molar-refractivity contribution is 5.18. The highest BCUT2D eigenvalue weighted by atomic mass is 19.2. The molecular weight excluding hydrogens is 258 g/mol. The molecule has 0 amide bonds. The van der Waals surface area contributed by atoms with Crippen LogP contribution in [0.3, 0.4) is 0 Å². The molecule has 1 atom stereocenters. The molecule has 1 unspecified atom stereocenters. The molecule has 1 aliphatic carbocycles. The first kappa shape index (κ1) is 14.0. The molecule has 1 heterocycles. The fourth-order valence-electron chi connectivity index (χ4n) is 2.99. The maximum absolute atomic E-state index is 13.3. The molecule has 110 valence electrons. The molecule has 1 aliphatic heterocycles. The minimum atomic E-state index is -0.774. The van der Waals surface area contributed by atoms with Crippen LogP contribution >= 0.6 is 0 Å². The van der Waals surface area contributed by atoms with Gasteiger partial charge in [0.05, 0.1) is 0 Å². The first-order chi connectivity index (χ1) is 9.45. The zero-order chi connectivity index (χ0) is 14.3. The van der Waals surface area contributed by atoms with Crippen LogP contribution in [0.5, 0.6) is 0 Å². The number of piperazine rings is 1. The van der Waals surface area contributed by atoms with Crippen LogP contribution in [0, 0.1) is 17.6 Å². The Morgan fingerprint density at radius 2 is 2.00 bits per heavy atom. The largest absolute Gasteiger partial charge is 0.311 e. The SMILES string of the molecule is CC1(C)CNC(C2CC2)CN1Cc1ccc(F)c(F)c1. The van der Waals surface area contributed by atoms with Crippen molar-refractivity contribution in [1.29, 1.82) is 0 Å². The molecule has 2 fully saturated rings. The minimum absolute atomic E-state index is 0.0379. The molecule has 20 heavy (non-hydrogen) atoms. The predicted molar refractivity (Wildman–Crippen MR) is 75.4 cm³/mol. The fraction of sp³-hybridized carbons (Fsp3) is 0.625. The van der Waals surface area contributed by atoms with Crippen molar-refractivity contribution in [3.8, 4) is 0 Å².